The molecule has 0 bridgehead atoms. The van der Waals surface area contributed by atoms with Crippen molar-refractivity contribution in [2.45, 2.75) is 102 Å². The van der Waals surface area contributed by atoms with Gasteiger partial charge in [-0.3, -0.25) is 14.9 Å². The molecule has 5 rings (SSSR count). The summed E-state index contributed by atoms with van der Waals surface area (Å²) in [4.78, 5) is 34.3. The summed E-state index contributed by atoms with van der Waals surface area (Å²) < 4.78 is 5.96. The van der Waals surface area contributed by atoms with Crippen molar-refractivity contribution in [2.75, 3.05) is 7.11 Å². The van der Waals surface area contributed by atoms with E-state index in [2.05, 4.69) is 4.89 Å². The van der Waals surface area contributed by atoms with Gasteiger partial charge in [0.2, 0.25) is 0 Å². The molecule has 278 valence electrons. The molecule has 2 saturated carbocycles. The Morgan fingerprint density at radius 1 is 0.808 bits per heavy atom. The van der Waals surface area contributed by atoms with Crippen molar-refractivity contribution >= 4 is 31.6 Å². The Labute approximate surface area is 402 Å². The molecular formula is C39H55K2NO9S. The molecule has 3 aromatic rings. The van der Waals surface area contributed by atoms with E-state index in [1.165, 1.54) is 82.1 Å². The first kappa shape index (κ1) is 53.6. The van der Waals surface area contributed by atoms with Crippen molar-refractivity contribution in [3.63, 3.8) is 0 Å². The normalized spacial score (nSPS) is 15.6. The maximum atomic E-state index is 12.7. The number of esters is 1. The van der Waals surface area contributed by atoms with Crippen molar-refractivity contribution in [2.24, 2.45) is 11.8 Å². The van der Waals surface area contributed by atoms with E-state index >= 15 is 0 Å². The van der Waals surface area contributed by atoms with Crippen molar-refractivity contribution in [3.8, 4) is 0 Å². The minimum atomic E-state index is -0.720. The molecule has 0 spiro atoms. The van der Waals surface area contributed by atoms with Crippen LogP contribution in [-0.2, 0) is 25.6 Å². The molecule has 2 aliphatic rings. The number of hydrogen-bond donors (Lipinski definition) is 2. The van der Waals surface area contributed by atoms with E-state index in [0.717, 1.165) is 43.4 Å². The molecule has 2 fully saturated rings. The summed E-state index contributed by atoms with van der Waals surface area (Å²) in [5, 5.41) is 36.7. The molecule has 0 aliphatic heterocycles. The topological polar surface area (TPSA) is 159 Å². The minimum absolute atomic E-state index is 0. The zero-order chi connectivity index (χ0) is 36.1. The van der Waals surface area contributed by atoms with Crippen LogP contribution in [-0.4, -0.2) is 34.7 Å². The fourth-order valence-corrected chi connectivity index (χ4v) is 6.53. The first-order valence-corrected chi connectivity index (χ1v) is 17.1. The van der Waals surface area contributed by atoms with Gasteiger partial charge in [0.05, 0.1) is 16.1 Å². The van der Waals surface area contributed by atoms with Crippen molar-refractivity contribution in [1.29, 1.82) is 0 Å². The standard InChI is InChI=1S/C22H25NO4.C15H22O.CH2O3.CH4O.2K.H2S.H/c1-22(19-9-3-2-4-10-19,16-15-17-7-5-6-8-17)27-21(24)18-11-13-20(14-12-18)23(25)26;1-15(16,14-9-3-2-4-10-14)12-11-13-7-5-6-8-13;2-1-4-3;1-2;;;;/h2-4,9-14,17H,5-8,15-16H2,1H3;2-4,9-10,13,16H,5-8,11-12H2,1H3;1,3H;2H,1H3;;;1H2;/q;;;;2*+1;;-1/p-1. The molecule has 2 unspecified atom stereocenters. The van der Waals surface area contributed by atoms with E-state index in [1.54, 1.807) is 0 Å². The van der Waals surface area contributed by atoms with Crippen LogP contribution in [0.25, 0.3) is 0 Å². The van der Waals surface area contributed by atoms with Gasteiger partial charge in [0.15, 0.2) is 0 Å². The summed E-state index contributed by atoms with van der Waals surface area (Å²) in [6.07, 6.45) is 14.4. The molecule has 13 heteroatoms. The Morgan fingerprint density at radius 3 is 1.62 bits per heavy atom. The van der Waals surface area contributed by atoms with Gasteiger partial charge >= 0.3 is 109 Å². The number of nitro groups is 1. The summed E-state index contributed by atoms with van der Waals surface area (Å²) in [6.45, 7) is 3.72. The van der Waals surface area contributed by atoms with Crippen LogP contribution >= 0.6 is 13.5 Å². The second-order valence-corrected chi connectivity index (χ2v) is 13.0. The molecule has 0 saturated heterocycles. The first-order chi connectivity index (χ1) is 23.6. The molecule has 0 aromatic heterocycles. The average Bonchev–Trinajstić information content (AvgIpc) is 3.87. The van der Waals surface area contributed by atoms with Gasteiger partial charge in [0.25, 0.3) is 12.2 Å². The van der Waals surface area contributed by atoms with E-state index in [1.807, 2.05) is 74.5 Å². The molecule has 10 nitrogen and oxygen atoms in total. The number of nitro benzene ring substituents is 1. The summed E-state index contributed by atoms with van der Waals surface area (Å²) in [7, 11) is 1.00. The maximum Gasteiger partial charge on any atom is 1.00 e. The molecule has 0 amide bonds. The van der Waals surface area contributed by atoms with Crippen LogP contribution in [0.3, 0.4) is 0 Å². The summed E-state index contributed by atoms with van der Waals surface area (Å²) in [6, 6.07) is 25.4. The number of aliphatic hydroxyl groups is 2. The summed E-state index contributed by atoms with van der Waals surface area (Å²) in [5.41, 5.74) is 0.931. The van der Waals surface area contributed by atoms with Crippen LogP contribution in [0.1, 0.15) is 114 Å². The summed E-state index contributed by atoms with van der Waals surface area (Å²) in [5.74, 6) is 1.10. The van der Waals surface area contributed by atoms with Crippen molar-refractivity contribution in [1.82, 2.24) is 0 Å². The van der Waals surface area contributed by atoms with E-state index in [-0.39, 0.29) is 130 Å². The number of benzene rings is 3. The molecule has 2 N–H and O–H groups in total. The van der Waals surface area contributed by atoms with Gasteiger partial charge in [-0.15, -0.1) is 0 Å². The molecule has 3 aromatic carbocycles. The van der Waals surface area contributed by atoms with Crippen LogP contribution in [0, 0.1) is 22.0 Å². The number of carbonyl (C=O) groups excluding carboxylic acids is 2. The zero-order valence-corrected chi connectivity index (χ0v) is 38.7. The molecule has 2 aliphatic carbocycles. The number of ether oxygens (including phenoxy) is 1. The Hall–Kier alpha value is -0.497. The van der Waals surface area contributed by atoms with E-state index < -0.39 is 22.1 Å². The molecule has 52 heavy (non-hydrogen) atoms. The van der Waals surface area contributed by atoms with Crippen LogP contribution < -0.4 is 108 Å². The maximum absolute atomic E-state index is 12.7. The number of hydrogen-bond acceptors (Lipinski definition) is 9. The third-order valence-electron chi connectivity index (χ3n) is 9.47. The molecule has 0 radical (unpaired) electrons. The van der Waals surface area contributed by atoms with Crippen LogP contribution in [0.2, 0.25) is 0 Å². The first-order valence-electron chi connectivity index (χ1n) is 17.1. The van der Waals surface area contributed by atoms with Gasteiger partial charge in [0.1, 0.15) is 5.60 Å². The largest absolute Gasteiger partial charge is 1.00 e. The quantitative estimate of drug-likeness (QED) is 0.0697. The Kier molecular flexibility index (Phi) is 30.7. The number of nitrogens with zero attached hydrogens (tertiary/aromatic N) is 1. The van der Waals surface area contributed by atoms with E-state index in [9.17, 15) is 20.0 Å². The fraction of sp³-hybridized carbons (Fsp3) is 0.487. The Bertz CT molecular complexity index is 1380. The monoisotopic (exact) mass is 791 g/mol. The predicted molar refractivity (Wildman–Crippen MR) is 197 cm³/mol. The number of aliphatic hydroxyl groups excluding tert-OH is 1. The third-order valence-corrected chi connectivity index (χ3v) is 9.47. The smallest absolute Gasteiger partial charge is 1.00 e. The predicted octanol–water partition coefficient (Wildman–Crippen LogP) is 1.78. The third kappa shape index (κ3) is 19.4. The van der Waals surface area contributed by atoms with E-state index in [4.69, 9.17) is 19.9 Å². The van der Waals surface area contributed by atoms with Crippen LogP contribution in [0.4, 0.5) is 5.69 Å². The van der Waals surface area contributed by atoms with Crippen molar-refractivity contribution in [3.05, 3.63) is 112 Å². The average molecular weight is 792 g/mol. The van der Waals surface area contributed by atoms with Gasteiger partial charge < -0.3 is 26.5 Å². The van der Waals surface area contributed by atoms with Gasteiger partial charge in [-0.05, 0) is 74.6 Å². The Morgan fingerprint density at radius 2 is 1.21 bits per heavy atom. The number of rotatable bonds is 12. The van der Waals surface area contributed by atoms with Crippen molar-refractivity contribution < 1.29 is 144 Å². The zero-order valence-electron chi connectivity index (χ0n) is 32.5. The number of non-ortho nitro benzene ring substituents is 1. The van der Waals surface area contributed by atoms with E-state index in [0.29, 0.717) is 11.5 Å². The van der Waals surface area contributed by atoms with Gasteiger partial charge in [-0.1, -0.05) is 112 Å². The van der Waals surface area contributed by atoms with Crippen LogP contribution in [0.5, 0.6) is 0 Å². The minimum Gasteiger partial charge on any atom is -1.00 e. The van der Waals surface area contributed by atoms with Crippen LogP contribution in [0.15, 0.2) is 84.9 Å². The second kappa shape index (κ2) is 29.7. The number of carbonyl (C=O) groups is 2. The Balaban J connectivity index is -0.000000828. The molecule has 0 heterocycles. The summed E-state index contributed by atoms with van der Waals surface area (Å²) >= 11 is 0. The SMILES string of the molecule is CC(CCC1CCCC1)(OC(=O)c1ccc([N+](=O)[O-])cc1)c1ccccc1.CC(O)(CCC1CCCC1)c1ccccc1.CO.O=CO[O-].S.[H-].[K+].[K+]. The molecular weight excluding hydrogens is 737 g/mol. The van der Waals surface area contributed by atoms with Gasteiger partial charge in [0, 0.05) is 19.2 Å². The second-order valence-electron chi connectivity index (χ2n) is 13.0. The van der Waals surface area contributed by atoms with Gasteiger partial charge in [-0.25, -0.2) is 4.79 Å². The fourth-order valence-electron chi connectivity index (χ4n) is 6.53. The molecule has 2 atom stereocenters. The van der Waals surface area contributed by atoms with Gasteiger partial charge in [-0.2, -0.15) is 13.5 Å².